The Morgan fingerprint density at radius 2 is 2.05 bits per heavy atom. The minimum atomic E-state index is -0.0411. The zero-order valence-electron chi connectivity index (χ0n) is 11.2. The Balaban J connectivity index is 2.30. The van der Waals surface area contributed by atoms with Crippen molar-refractivity contribution < 1.29 is 14.3 Å². The highest BCUT2D eigenvalue weighted by atomic mass is 79.9. The number of pyridine rings is 1. The van der Waals surface area contributed by atoms with Gasteiger partial charge in [-0.15, -0.1) is 0 Å². The maximum atomic E-state index is 12.4. The SMILES string of the molecule is COc1cccc(C(=O)Cc2cncc(Br)c2)c1OC. The van der Waals surface area contributed by atoms with Crippen molar-refractivity contribution in [3.63, 3.8) is 0 Å². The lowest BCUT2D eigenvalue weighted by Gasteiger charge is -2.11. The summed E-state index contributed by atoms with van der Waals surface area (Å²) in [6.07, 6.45) is 3.62. The Hall–Kier alpha value is -1.88. The Morgan fingerprint density at radius 3 is 2.70 bits per heavy atom. The van der Waals surface area contributed by atoms with Gasteiger partial charge in [0.2, 0.25) is 0 Å². The standard InChI is InChI=1S/C15H14BrNO3/c1-19-14-5-3-4-12(15(14)20-2)13(18)7-10-6-11(16)9-17-8-10/h3-6,8-9H,7H2,1-2H3. The second-order valence-electron chi connectivity index (χ2n) is 4.15. The van der Waals surface area contributed by atoms with Gasteiger partial charge in [0.15, 0.2) is 17.3 Å². The molecule has 0 aliphatic rings. The number of nitrogens with zero attached hydrogens (tertiary/aromatic N) is 1. The number of para-hydroxylation sites is 1. The van der Waals surface area contributed by atoms with Crippen molar-refractivity contribution >= 4 is 21.7 Å². The van der Waals surface area contributed by atoms with Gasteiger partial charge < -0.3 is 9.47 Å². The van der Waals surface area contributed by atoms with Crippen molar-refractivity contribution in [1.29, 1.82) is 0 Å². The number of hydrogen-bond acceptors (Lipinski definition) is 4. The monoisotopic (exact) mass is 335 g/mol. The Bertz CT molecular complexity index is 628. The third-order valence-electron chi connectivity index (χ3n) is 2.83. The summed E-state index contributed by atoms with van der Waals surface area (Å²) in [6, 6.07) is 7.14. The third kappa shape index (κ3) is 3.17. The summed E-state index contributed by atoms with van der Waals surface area (Å²) in [7, 11) is 3.07. The molecule has 104 valence electrons. The van der Waals surface area contributed by atoms with E-state index in [1.165, 1.54) is 7.11 Å². The van der Waals surface area contributed by atoms with Crippen molar-refractivity contribution in [2.24, 2.45) is 0 Å². The molecule has 0 N–H and O–H groups in total. The summed E-state index contributed by atoms with van der Waals surface area (Å²) in [5.41, 5.74) is 1.35. The summed E-state index contributed by atoms with van der Waals surface area (Å²) >= 11 is 3.34. The van der Waals surface area contributed by atoms with E-state index in [9.17, 15) is 4.79 Å². The lowest BCUT2D eigenvalue weighted by atomic mass is 10.0. The summed E-state index contributed by atoms with van der Waals surface area (Å²) in [5.74, 6) is 0.967. The zero-order valence-corrected chi connectivity index (χ0v) is 12.8. The van der Waals surface area contributed by atoms with Gasteiger partial charge in [0, 0.05) is 23.3 Å². The predicted molar refractivity (Wildman–Crippen MR) is 79.5 cm³/mol. The minimum Gasteiger partial charge on any atom is -0.493 e. The molecule has 0 spiro atoms. The van der Waals surface area contributed by atoms with E-state index in [0.29, 0.717) is 17.1 Å². The van der Waals surface area contributed by atoms with Crippen molar-refractivity contribution in [1.82, 2.24) is 4.98 Å². The van der Waals surface area contributed by atoms with Crippen LogP contribution in [0.5, 0.6) is 11.5 Å². The Kier molecular flexibility index (Phi) is 4.74. The molecule has 0 bridgehead atoms. The normalized spacial score (nSPS) is 10.2. The number of carbonyl (C=O) groups excluding carboxylic acids is 1. The molecule has 0 atom stereocenters. The van der Waals surface area contributed by atoms with Gasteiger partial charge in [0.25, 0.3) is 0 Å². The number of Topliss-reactive ketones (excluding diaryl/α,β-unsaturated/α-hetero) is 1. The molecule has 1 aromatic heterocycles. The van der Waals surface area contributed by atoms with E-state index in [1.54, 1.807) is 37.7 Å². The van der Waals surface area contributed by atoms with Gasteiger partial charge in [0.1, 0.15) is 0 Å². The average Bonchev–Trinajstić information content (AvgIpc) is 2.46. The van der Waals surface area contributed by atoms with Gasteiger partial charge in [-0.3, -0.25) is 9.78 Å². The number of halogens is 1. The lowest BCUT2D eigenvalue weighted by Crippen LogP contribution is -2.07. The van der Waals surface area contributed by atoms with Crippen LogP contribution < -0.4 is 9.47 Å². The van der Waals surface area contributed by atoms with Crippen LogP contribution in [0, 0.1) is 0 Å². The number of aromatic nitrogens is 1. The molecule has 2 rings (SSSR count). The first kappa shape index (κ1) is 14.5. The average molecular weight is 336 g/mol. The molecule has 5 heteroatoms. The molecule has 0 fully saturated rings. The molecule has 0 radical (unpaired) electrons. The molecule has 20 heavy (non-hydrogen) atoms. The number of benzene rings is 1. The Labute approximate surface area is 125 Å². The molecule has 0 amide bonds. The van der Waals surface area contributed by atoms with E-state index in [4.69, 9.17) is 9.47 Å². The third-order valence-corrected chi connectivity index (χ3v) is 3.26. The highest BCUT2D eigenvalue weighted by molar-refractivity contribution is 9.10. The molecule has 1 heterocycles. The van der Waals surface area contributed by atoms with E-state index in [1.807, 2.05) is 6.07 Å². The smallest absolute Gasteiger partial charge is 0.171 e. The van der Waals surface area contributed by atoms with Crippen LogP contribution in [0.3, 0.4) is 0 Å². The number of rotatable bonds is 5. The second kappa shape index (κ2) is 6.52. The zero-order chi connectivity index (χ0) is 14.5. The number of ketones is 1. The first-order valence-electron chi connectivity index (χ1n) is 5.99. The fraction of sp³-hybridized carbons (Fsp3) is 0.200. The van der Waals surface area contributed by atoms with Gasteiger partial charge in [-0.1, -0.05) is 6.07 Å². The van der Waals surface area contributed by atoms with E-state index in [-0.39, 0.29) is 12.2 Å². The molecule has 0 aliphatic heterocycles. The van der Waals surface area contributed by atoms with Gasteiger partial charge in [-0.25, -0.2) is 0 Å². The fourth-order valence-corrected chi connectivity index (χ4v) is 2.35. The van der Waals surface area contributed by atoms with Crippen LogP contribution in [0.1, 0.15) is 15.9 Å². The first-order chi connectivity index (χ1) is 9.65. The minimum absolute atomic E-state index is 0.0411. The molecular weight excluding hydrogens is 322 g/mol. The summed E-state index contributed by atoms with van der Waals surface area (Å²) in [5, 5.41) is 0. The molecule has 2 aromatic rings. The molecule has 0 saturated carbocycles. The molecule has 0 unspecified atom stereocenters. The fourth-order valence-electron chi connectivity index (χ4n) is 1.94. The maximum absolute atomic E-state index is 12.4. The lowest BCUT2D eigenvalue weighted by molar-refractivity contribution is 0.0989. The highest BCUT2D eigenvalue weighted by Crippen LogP contribution is 2.31. The van der Waals surface area contributed by atoms with Crippen molar-refractivity contribution in [2.75, 3.05) is 14.2 Å². The first-order valence-corrected chi connectivity index (χ1v) is 6.78. The van der Waals surface area contributed by atoms with Crippen LogP contribution in [0.25, 0.3) is 0 Å². The summed E-state index contributed by atoms with van der Waals surface area (Å²) < 4.78 is 11.3. The van der Waals surface area contributed by atoms with Gasteiger partial charge >= 0.3 is 0 Å². The van der Waals surface area contributed by atoms with E-state index in [2.05, 4.69) is 20.9 Å². The van der Waals surface area contributed by atoms with Crippen LogP contribution in [-0.2, 0) is 6.42 Å². The van der Waals surface area contributed by atoms with Crippen molar-refractivity contribution in [2.45, 2.75) is 6.42 Å². The van der Waals surface area contributed by atoms with Crippen LogP contribution >= 0.6 is 15.9 Å². The molecule has 4 nitrogen and oxygen atoms in total. The number of ether oxygens (including phenoxy) is 2. The number of hydrogen-bond donors (Lipinski definition) is 0. The van der Waals surface area contributed by atoms with E-state index >= 15 is 0 Å². The van der Waals surface area contributed by atoms with Gasteiger partial charge in [-0.05, 0) is 39.7 Å². The molecular formula is C15H14BrNO3. The highest BCUT2D eigenvalue weighted by Gasteiger charge is 2.16. The summed E-state index contributed by atoms with van der Waals surface area (Å²) in [4.78, 5) is 16.4. The number of methoxy groups -OCH3 is 2. The molecule has 0 saturated heterocycles. The van der Waals surface area contributed by atoms with Crippen molar-refractivity contribution in [3.05, 3.63) is 52.3 Å². The Morgan fingerprint density at radius 1 is 1.25 bits per heavy atom. The summed E-state index contributed by atoms with van der Waals surface area (Å²) in [6.45, 7) is 0. The maximum Gasteiger partial charge on any atom is 0.171 e. The van der Waals surface area contributed by atoms with Gasteiger partial charge in [0.05, 0.1) is 19.8 Å². The van der Waals surface area contributed by atoms with Crippen LogP contribution in [-0.4, -0.2) is 25.0 Å². The van der Waals surface area contributed by atoms with Crippen LogP contribution in [0.2, 0.25) is 0 Å². The number of carbonyl (C=O) groups is 1. The molecule has 1 aromatic carbocycles. The van der Waals surface area contributed by atoms with Crippen LogP contribution in [0.15, 0.2) is 41.1 Å². The second-order valence-corrected chi connectivity index (χ2v) is 5.07. The van der Waals surface area contributed by atoms with Crippen LogP contribution in [0.4, 0.5) is 0 Å². The quantitative estimate of drug-likeness (QED) is 0.786. The molecule has 0 aliphatic carbocycles. The largest absolute Gasteiger partial charge is 0.493 e. The van der Waals surface area contributed by atoms with E-state index in [0.717, 1.165) is 10.0 Å². The van der Waals surface area contributed by atoms with Gasteiger partial charge in [-0.2, -0.15) is 0 Å². The van der Waals surface area contributed by atoms with Crippen molar-refractivity contribution in [3.8, 4) is 11.5 Å². The topological polar surface area (TPSA) is 48.4 Å². The van der Waals surface area contributed by atoms with E-state index < -0.39 is 0 Å². The predicted octanol–water partition coefficient (Wildman–Crippen LogP) is 3.29.